The van der Waals surface area contributed by atoms with Crippen LogP contribution in [0.3, 0.4) is 0 Å². The van der Waals surface area contributed by atoms with E-state index in [0.29, 0.717) is 57.3 Å². The molecule has 0 saturated heterocycles. The van der Waals surface area contributed by atoms with Crippen molar-refractivity contribution in [2.45, 2.75) is 6.42 Å². The summed E-state index contributed by atoms with van der Waals surface area (Å²) in [4.78, 5) is 53.6. The van der Waals surface area contributed by atoms with Crippen LogP contribution in [0.4, 0.5) is 17.1 Å². The molecule has 4 aromatic heterocycles. The monoisotopic (exact) mass is 613 g/mol. The van der Waals surface area contributed by atoms with E-state index in [2.05, 4.69) is 36.7 Å². The number of H-pyrrole nitrogens is 1. The number of amides is 4. The zero-order chi connectivity index (χ0) is 32.2. The largest absolute Gasteiger partial charge is 0.351 e. The van der Waals surface area contributed by atoms with Gasteiger partial charge in [-0.25, -0.2) is 0 Å². The number of aryl methyl sites for hydroxylation is 3. The van der Waals surface area contributed by atoms with Gasteiger partial charge in [0.15, 0.2) is 0 Å². The summed E-state index contributed by atoms with van der Waals surface area (Å²) in [6.45, 7) is 1.41. The van der Waals surface area contributed by atoms with E-state index in [9.17, 15) is 19.2 Å². The number of anilines is 3. The zero-order valence-electron chi connectivity index (χ0n) is 25.6. The summed E-state index contributed by atoms with van der Waals surface area (Å²) in [5.41, 5.74) is 3.93. The lowest BCUT2D eigenvalue weighted by Crippen LogP contribution is -2.28. The number of nitrogens with zero attached hydrogens (tertiary/aromatic N) is 6. The van der Waals surface area contributed by atoms with Crippen LogP contribution in [0.1, 0.15) is 48.2 Å². The second-order valence-corrected chi connectivity index (χ2v) is 11.0. The smallest absolute Gasteiger partial charge is 0.272 e. The SMILES string of the molecule is CN(C)CCCNC(=O)c1cc(NC(=O)c2cc(NC(=O)c3cc(NC(=O)c4ccc5n[nH]nc5c4)cn3C)cn2C)cn1C. The average Bonchev–Trinajstić information content (AvgIpc) is 3.77. The van der Waals surface area contributed by atoms with Gasteiger partial charge in [-0.3, -0.25) is 19.2 Å². The Labute approximate surface area is 258 Å². The van der Waals surface area contributed by atoms with Crippen LogP contribution in [-0.4, -0.2) is 84.8 Å². The van der Waals surface area contributed by atoms with Gasteiger partial charge in [0, 0.05) is 51.8 Å². The minimum atomic E-state index is -0.427. The Morgan fingerprint density at radius 2 is 1.18 bits per heavy atom. The Morgan fingerprint density at radius 3 is 1.71 bits per heavy atom. The number of rotatable bonds is 11. The van der Waals surface area contributed by atoms with E-state index < -0.39 is 11.8 Å². The first-order valence-corrected chi connectivity index (χ1v) is 14.1. The predicted octanol–water partition coefficient (Wildman–Crippen LogP) is 2.41. The van der Waals surface area contributed by atoms with Crippen LogP contribution in [-0.2, 0) is 21.1 Å². The van der Waals surface area contributed by atoms with Crippen molar-refractivity contribution < 1.29 is 19.2 Å². The molecule has 234 valence electrons. The molecule has 5 aromatic rings. The lowest BCUT2D eigenvalue weighted by atomic mass is 10.2. The van der Waals surface area contributed by atoms with Gasteiger partial charge in [-0.05, 0) is 63.5 Å². The highest BCUT2D eigenvalue weighted by Gasteiger charge is 2.19. The van der Waals surface area contributed by atoms with E-state index in [1.807, 2.05) is 19.0 Å². The van der Waals surface area contributed by atoms with Gasteiger partial charge in [-0.2, -0.15) is 15.4 Å². The van der Waals surface area contributed by atoms with Crippen molar-refractivity contribution >= 4 is 51.7 Å². The minimum Gasteiger partial charge on any atom is -0.351 e. The number of aromatic nitrogens is 6. The highest BCUT2D eigenvalue weighted by molar-refractivity contribution is 6.09. The van der Waals surface area contributed by atoms with Crippen molar-refractivity contribution in [2.24, 2.45) is 21.1 Å². The van der Waals surface area contributed by atoms with Crippen LogP contribution in [0.15, 0.2) is 55.0 Å². The van der Waals surface area contributed by atoms with Crippen LogP contribution >= 0.6 is 0 Å². The Bertz CT molecular complexity index is 1890. The maximum atomic E-state index is 13.1. The number of hydrogen-bond donors (Lipinski definition) is 5. The average molecular weight is 614 g/mol. The number of nitrogens with one attached hydrogen (secondary N) is 5. The van der Waals surface area contributed by atoms with E-state index in [4.69, 9.17) is 0 Å². The molecule has 0 aliphatic heterocycles. The number of hydrogen-bond acceptors (Lipinski definition) is 7. The van der Waals surface area contributed by atoms with Crippen molar-refractivity contribution in [3.05, 3.63) is 77.6 Å². The fraction of sp³-hybridized carbons (Fsp3) is 0.267. The Balaban J connectivity index is 1.19. The molecular formula is C30H35N11O4. The summed E-state index contributed by atoms with van der Waals surface area (Å²) in [6, 6.07) is 9.68. The van der Waals surface area contributed by atoms with E-state index in [-0.39, 0.29) is 11.8 Å². The number of benzene rings is 1. The number of fused-ring (bicyclic) bond motifs is 1. The summed E-state index contributed by atoms with van der Waals surface area (Å²) in [5, 5.41) is 21.8. The quantitative estimate of drug-likeness (QED) is 0.142. The molecule has 0 saturated carbocycles. The van der Waals surface area contributed by atoms with Gasteiger partial charge < -0.3 is 39.9 Å². The highest BCUT2D eigenvalue weighted by atomic mass is 16.2. The van der Waals surface area contributed by atoms with Crippen molar-refractivity contribution in [2.75, 3.05) is 43.1 Å². The fourth-order valence-corrected chi connectivity index (χ4v) is 4.84. The van der Waals surface area contributed by atoms with E-state index >= 15 is 0 Å². The molecule has 45 heavy (non-hydrogen) atoms. The van der Waals surface area contributed by atoms with Crippen molar-refractivity contribution in [3.8, 4) is 0 Å². The van der Waals surface area contributed by atoms with E-state index in [1.54, 1.807) is 89.8 Å². The third kappa shape index (κ3) is 7.10. The molecule has 0 atom stereocenters. The first kappa shape index (κ1) is 30.7. The van der Waals surface area contributed by atoms with Crippen LogP contribution in [0.25, 0.3) is 11.0 Å². The number of carbonyl (C=O) groups is 4. The first-order valence-electron chi connectivity index (χ1n) is 14.1. The van der Waals surface area contributed by atoms with Gasteiger partial charge in [0.2, 0.25) is 0 Å². The normalized spacial score (nSPS) is 11.2. The van der Waals surface area contributed by atoms with Crippen molar-refractivity contribution in [3.63, 3.8) is 0 Å². The van der Waals surface area contributed by atoms with Crippen molar-refractivity contribution in [1.82, 2.24) is 39.3 Å². The molecule has 0 bridgehead atoms. The molecular weight excluding hydrogens is 578 g/mol. The lowest BCUT2D eigenvalue weighted by molar-refractivity contribution is 0.0942. The molecule has 1 aromatic carbocycles. The standard InChI is InChI=1S/C30H35N11O4/c1-38(2)10-6-9-31-28(43)24-12-20(16-39(24)3)33-30(45)26-14-21(17-41(26)5)34-29(44)25-13-19(15-40(25)4)32-27(42)18-7-8-22-23(11-18)36-37-35-22/h7-8,11-17H,6,9-10H2,1-5H3,(H,31,43)(H,32,42)(H,33,45)(H,34,44)(H,35,36,37). The first-order chi connectivity index (χ1) is 21.5. The second kappa shape index (κ2) is 12.9. The lowest BCUT2D eigenvalue weighted by Gasteiger charge is -2.10. The van der Waals surface area contributed by atoms with E-state index in [0.717, 1.165) is 13.0 Å². The molecule has 4 heterocycles. The molecule has 5 N–H and O–H groups in total. The third-order valence-electron chi connectivity index (χ3n) is 7.13. The molecule has 0 aliphatic rings. The molecule has 4 amide bonds. The fourth-order valence-electron chi connectivity index (χ4n) is 4.84. The molecule has 15 heteroatoms. The Kier molecular flexibility index (Phi) is 8.81. The number of aromatic amines is 1. The molecule has 5 rings (SSSR count). The van der Waals surface area contributed by atoms with Crippen LogP contribution in [0.5, 0.6) is 0 Å². The Morgan fingerprint density at radius 1 is 0.689 bits per heavy atom. The predicted molar refractivity (Wildman–Crippen MR) is 169 cm³/mol. The van der Waals surface area contributed by atoms with Gasteiger partial charge in [0.05, 0.1) is 17.1 Å². The van der Waals surface area contributed by atoms with Crippen LogP contribution < -0.4 is 21.3 Å². The molecule has 0 aliphatic carbocycles. The maximum absolute atomic E-state index is 13.1. The van der Waals surface area contributed by atoms with Gasteiger partial charge in [-0.15, -0.1) is 0 Å². The molecule has 15 nitrogen and oxygen atoms in total. The highest BCUT2D eigenvalue weighted by Crippen LogP contribution is 2.20. The summed E-state index contributed by atoms with van der Waals surface area (Å²) in [5.74, 6) is -1.42. The molecule has 0 spiro atoms. The summed E-state index contributed by atoms with van der Waals surface area (Å²) in [6.07, 6.45) is 5.74. The van der Waals surface area contributed by atoms with Crippen LogP contribution in [0, 0.1) is 0 Å². The topological polar surface area (TPSA) is 176 Å². The second-order valence-electron chi connectivity index (χ2n) is 11.0. The van der Waals surface area contributed by atoms with Gasteiger partial charge in [0.1, 0.15) is 28.1 Å². The van der Waals surface area contributed by atoms with Crippen molar-refractivity contribution in [1.29, 1.82) is 0 Å². The maximum Gasteiger partial charge on any atom is 0.272 e. The van der Waals surface area contributed by atoms with Gasteiger partial charge in [0.25, 0.3) is 23.6 Å². The summed E-state index contributed by atoms with van der Waals surface area (Å²) in [7, 11) is 9.06. The summed E-state index contributed by atoms with van der Waals surface area (Å²) >= 11 is 0. The third-order valence-corrected chi connectivity index (χ3v) is 7.13. The van der Waals surface area contributed by atoms with Gasteiger partial charge >= 0.3 is 0 Å². The molecule has 0 unspecified atom stereocenters. The zero-order valence-corrected chi connectivity index (χ0v) is 25.6. The van der Waals surface area contributed by atoms with Gasteiger partial charge in [-0.1, -0.05) is 0 Å². The van der Waals surface area contributed by atoms with Crippen LogP contribution in [0.2, 0.25) is 0 Å². The Hall–Kier alpha value is -5.70. The molecule has 0 fully saturated rings. The number of carbonyl (C=O) groups excluding carboxylic acids is 4. The summed E-state index contributed by atoms with van der Waals surface area (Å²) < 4.78 is 4.83. The minimum absolute atomic E-state index is 0.225. The van der Waals surface area contributed by atoms with E-state index in [1.165, 1.54) is 0 Å². The molecule has 0 radical (unpaired) electrons.